The summed E-state index contributed by atoms with van der Waals surface area (Å²) in [6.07, 6.45) is 2.84. The molecule has 2 atom stereocenters. The first-order valence-electron chi connectivity index (χ1n) is 7.21. The summed E-state index contributed by atoms with van der Waals surface area (Å²) in [5.41, 5.74) is 0. The van der Waals surface area contributed by atoms with Crippen molar-refractivity contribution in [3.05, 3.63) is 0 Å². The summed E-state index contributed by atoms with van der Waals surface area (Å²) < 4.78 is 12.0. The van der Waals surface area contributed by atoms with Gasteiger partial charge in [0.05, 0.1) is 13.6 Å². The summed E-state index contributed by atoms with van der Waals surface area (Å²) in [5.74, 6) is 0. The van der Waals surface area contributed by atoms with Gasteiger partial charge in [-0.1, -0.05) is 0 Å². The van der Waals surface area contributed by atoms with Gasteiger partial charge in [0.1, 0.15) is 0 Å². The zero-order valence-electron chi connectivity index (χ0n) is 13.6. The number of nitrogens with zero attached hydrogens (tertiary/aromatic N) is 1. The monoisotopic (exact) mass is 304 g/mol. The van der Waals surface area contributed by atoms with Crippen LogP contribution in [0.3, 0.4) is 0 Å². The van der Waals surface area contributed by atoms with E-state index in [1.54, 1.807) is 0 Å². The second kappa shape index (κ2) is 5.57. The Morgan fingerprint density at radius 2 is 1.68 bits per heavy atom. The SMILES string of the molecule is C[N@+]1([Si](C)(C)C)CCCCC1OC(=O)O[Si](C)(C)C. The lowest BCUT2D eigenvalue weighted by Crippen LogP contribution is -2.68. The molecular weight excluding hydrogens is 274 g/mol. The maximum atomic E-state index is 11.9. The van der Waals surface area contributed by atoms with Crippen molar-refractivity contribution >= 4 is 22.7 Å². The zero-order valence-corrected chi connectivity index (χ0v) is 15.6. The number of quaternary nitrogens is 1. The minimum absolute atomic E-state index is 0.0238. The van der Waals surface area contributed by atoms with Crippen LogP contribution in [0.15, 0.2) is 0 Å². The predicted molar refractivity (Wildman–Crippen MR) is 82.9 cm³/mol. The highest BCUT2D eigenvalue weighted by atomic mass is 28.4. The van der Waals surface area contributed by atoms with Crippen LogP contribution in [-0.4, -0.2) is 46.7 Å². The molecule has 1 unspecified atom stereocenters. The van der Waals surface area contributed by atoms with E-state index >= 15 is 0 Å². The highest BCUT2D eigenvalue weighted by Crippen LogP contribution is 2.32. The lowest BCUT2D eigenvalue weighted by molar-refractivity contribution is -0.869. The lowest BCUT2D eigenvalue weighted by Gasteiger charge is -2.51. The van der Waals surface area contributed by atoms with Crippen molar-refractivity contribution in [1.29, 1.82) is 0 Å². The molecule has 0 aromatic carbocycles. The molecule has 1 rings (SSSR count). The third kappa shape index (κ3) is 4.32. The summed E-state index contributed by atoms with van der Waals surface area (Å²) >= 11 is 0. The predicted octanol–water partition coefficient (Wildman–Crippen LogP) is 3.77. The van der Waals surface area contributed by atoms with Gasteiger partial charge in [-0.2, -0.15) is 0 Å². The molecule has 1 aliphatic heterocycles. The zero-order chi connectivity index (χ0) is 14.9. The Bertz CT molecular complexity index is 336. The smallest absolute Gasteiger partial charge is 0.490 e. The number of piperidine rings is 1. The van der Waals surface area contributed by atoms with Crippen LogP contribution in [0.2, 0.25) is 39.3 Å². The second-order valence-corrected chi connectivity index (χ2v) is 17.5. The van der Waals surface area contributed by atoms with Crippen LogP contribution in [-0.2, 0) is 9.16 Å². The fraction of sp³-hybridized carbons (Fsp3) is 0.923. The van der Waals surface area contributed by atoms with Crippen LogP contribution in [0.5, 0.6) is 0 Å². The number of likely N-dealkylation sites (tertiary alicyclic amines) is 1. The van der Waals surface area contributed by atoms with E-state index in [1.165, 1.54) is 6.42 Å². The molecule has 0 N–H and O–H groups in total. The van der Waals surface area contributed by atoms with E-state index in [-0.39, 0.29) is 6.23 Å². The molecule has 4 nitrogen and oxygen atoms in total. The molecule has 0 saturated carbocycles. The summed E-state index contributed by atoms with van der Waals surface area (Å²) in [4.78, 5) is 11.9. The maximum Gasteiger partial charge on any atom is 0.498 e. The van der Waals surface area contributed by atoms with Crippen molar-refractivity contribution in [1.82, 2.24) is 0 Å². The summed E-state index contributed by atoms with van der Waals surface area (Å²) in [6, 6.07) is 0. The van der Waals surface area contributed by atoms with Crippen LogP contribution in [0.25, 0.3) is 0 Å². The highest BCUT2D eigenvalue weighted by Gasteiger charge is 2.48. The molecule has 1 saturated heterocycles. The Hall–Kier alpha value is -0.336. The molecule has 0 amide bonds. The van der Waals surface area contributed by atoms with E-state index in [0.29, 0.717) is 0 Å². The topological polar surface area (TPSA) is 35.5 Å². The van der Waals surface area contributed by atoms with Crippen LogP contribution < -0.4 is 0 Å². The highest BCUT2D eigenvalue weighted by molar-refractivity contribution is 6.71. The minimum Gasteiger partial charge on any atom is -0.490 e. The fourth-order valence-electron chi connectivity index (χ4n) is 2.52. The molecule has 0 spiro atoms. The van der Waals surface area contributed by atoms with Gasteiger partial charge in [-0.25, -0.2) is 4.79 Å². The summed E-state index contributed by atoms with van der Waals surface area (Å²) in [7, 11) is -1.07. The van der Waals surface area contributed by atoms with Crippen molar-refractivity contribution in [2.75, 3.05) is 13.6 Å². The quantitative estimate of drug-likeness (QED) is 0.588. The van der Waals surface area contributed by atoms with Gasteiger partial charge in [0.25, 0.3) is 16.6 Å². The minimum atomic E-state index is -1.87. The molecule has 0 aromatic heterocycles. The van der Waals surface area contributed by atoms with Gasteiger partial charge in [0.15, 0.2) is 0 Å². The van der Waals surface area contributed by atoms with Crippen molar-refractivity contribution in [2.45, 2.75) is 64.8 Å². The molecule has 0 bridgehead atoms. The van der Waals surface area contributed by atoms with Gasteiger partial charge >= 0.3 is 6.16 Å². The third-order valence-corrected chi connectivity index (χ3v) is 8.47. The average Bonchev–Trinajstić information content (AvgIpc) is 2.17. The molecule has 0 radical (unpaired) electrons. The van der Waals surface area contributed by atoms with Crippen molar-refractivity contribution in [3.8, 4) is 0 Å². The van der Waals surface area contributed by atoms with E-state index in [1.807, 2.05) is 19.6 Å². The average molecular weight is 305 g/mol. The largest absolute Gasteiger partial charge is 0.498 e. The molecule has 1 heterocycles. The van der Waals surface area contributed by atoms with E-state index in [0.717, 1.165) is 23.5 Å². The molecule has 19 heavy (non-hydrogen) atoms. The van der Waals surface area contributed by atoms with E-state index in [2.05, 4.69) is 26.7 Å². The normalized spacial score (nSPS) is 28.9. The molecule has 112 valence electrons. The number of carbonyl (C=O) groups is 1. The van der Waals surface area contributed by atoms with Crippen molar-refractivity contribution in [3.63, 3.8) is 0 Å². The number of hydrogen-bond acceptors (Lipinski definition) is 3. The number of ether oxygens (including phenoxy) is 1. The first-order valence-corrected chi connectivity index (χ1v) is 14.1. The Morgan fingerprint density at radius 3 is 2.16 bits per heavy atom. The Kier molecular flexibility index (Phi) is 4.90. The Balaban J connectivity index is 2.77. The molecule has 6 heteroatoms. The van der Waals surface area contributed by atoms with Crippen molar-refractivity contribution < 1.29 is 18.1 Å². The first-order chi connectivity index (χ1) is 8.46. The van der Waals surface area contributed by atoms with Gasteiger partial charge in [-0.3, -0.25) is 0 Å². The van der Waals surface area contributed by atoms with Gasteiger partial charge in [-0.15, -0.1) is 0 Å². The Morgan fingerprint density at radius 1 is 1.11 bits per heavy atom. The molecule has 1 aliphatic rings. The van der Waals surface area contributed by atoms with Crippen LogP contribution >= 0.6 is 0 Å². The maximum absolute atomic E-state index is 11.9. The Labute approximate surface area is 119 Å². The van der Waals surface area contributed by atoms with Gasteiger partial charge in [0, 0.05) is 6.42 Å². The fourth-order valence-corrected chi connectivity index (χ4v) is 4.94. The first kappa shape index (κ1) is 16.7. The number of carbonyl (C=O) groups excluding carboxylic acids is 1. The lowest BCUT2D eigenvalue weighted by atomic mass is 10.1. The molecule has 0 aromatic rings. The summed E-state index contributed by atoms with van der Waals surface area (Å²) in [6.45, 7) is 14.2. The van der Waals surface area contributed by atoms with Crippen LogP contribution in [0, 0.1) is 0 Å². The molecule has 0 aliphatic carbocycles. The van der Waals surface area contributed by atoms with Gasteiger partial charge in [0.2, 0.25) is 6.23 Å². The number of hydrogen-bond donors (Lipinski definition) is 0. The van der Waals surface area contributed by atoms with E-state index < -0.39 is 22.7 Å². The van der Waals surface area contributed by atoms with Crippen LogP contribution in [0.1, 0.15) is 19.3 Å². The molecular formula is C13H30NO3Si2+. The summed E-state index contributed by atoms with van der Waals surface area (Å²) in [5, 5.41) is 0. The van der Waals surface area contributed by atoms with E-state index in [9.17, 15) is 4.79 Å². The van der Waals surface area contributed by atoms with Crippen LogP contribution in [0.4, 0.5) is 4.79 Å². The molecule has 1 fully saturated rings. The standard InChI is InChI=1S/C13H30NO3Si2/c1-14(18(2,3)4)11-9-8-10-12(14)16-13(15)17-19(5,6)7/h12H,8-11H2,1-7H3/q+1/t12?,14-/m0/s1. The van der Waals surface area contributed by atoms with Gasteiger partial charge in [-0.05, 0) is 52.1 Å². The van der Waals surface area contributed by atoms with Crippen molar-refractivity contribution in [2.24, 2.45) is 0 Å². The van der Waals surface area contributed by atoms with Gasteiger partial charge < -0.3 is 13.3 Å². The second-order valence-electron chi connectivity index (χ2n) is 7.69. The third-order valence-electron chi connectivity index (χ3n) is 4.11. The van der Waals surface area contributed by atoms with E-state index in [4.69, 9.17) is 9.16 Å². The number of rotatable bonds is 3.